The molecule has 0 bridgehead atoms. The van der Waals surface area contributed by atoms with E-state index in [1.165, 1.54) is 19.2 Å². The van der Waals surface area contributed by atoms with Gasteiger partial charge in [0.05, 0.1) is 28.7 Å². The first-order valence-corrected chi connectivity index (χ1v) is 13.0. The molecule has 1 fully saturated rings. The molecule has 200 valence electrons. The van der Waals surface area contributed by atoms with Crippen LogP contribution in [0.2, 0.25) is 0 Å². The van der Waals surface area contributed by atoms with E-state index in [0.717, 1.165) is 45.3 Å². The molecule has 1 atom stereocenters. The molecule has 9 heteroatoms. The maximum absolute atomic E-state index is 13.0. The Morgan fingerprint density at radius 1 is 1.24 bits per heavy atom. The lowest BCUT2D eigenvalue weighted by Crippen LogP contribution is -2.49. The van der Waals surface area contributed by atoms with Crippen LogP contribution in [-0.2, 0) is 9.53 Å². The van der Waals surface area contributed by atoms with Gasteiger partial charge < -0.3 is 15.0 Å². The van der Waals surface area contributed by atoms with Crippen molar-refractivity contribution in [3.63, 3.8) is 0 Å². The summed E-state index contributed by atoms with van der Waals surface area (Å²) in [7, 11) is 1.47. The van der Waals surface area contributed by atoms with Crippen molar-refractivity contribution < 1.29 is 19.2 Å². The van der Waals surface area contributed by atoms with Crippen molar-refractivity contribution in [3.05, 3.63) is 82.1 Å². The lowest BCUT2D eigenvalue weighted by Gasteiger charge is -2.43. The van der Waals surface area contributed by atoms with E-state index in [4.69, 9.17) is 4.74 Å². The number of aryl methyl sites for hydroxylation is 1. The molecule has 0 spiro atoms. The predicted molar refractivity (Wildman–Crippen MR) is 145 cm³/mol. The zero-order valence-corrected chi connectivity index (χ0v) is 21.9. The molecule has 1 aliphatic heterocycles. The second kappa shape index (κ2) is 12.1. The molecule has 1 unspecified atom stereocenters. The van der Waals surface area contributed by atoms with Crippen molar-refractivity contribution in [1.29, 1.82) is 0 Å². The molecule has 0 saturated carbocycles. The number of nitro benzene ring substituents is 1. The third-order valence-electron chi connectivity index (χ3n) is 7.70. The number of amides is 1. The maximum Gasteiger partial charge on any atom is 0.312 e. The van der Waals surface area contributed by atoms with Crippen LogP contribution in [0.25, 0.3) is 11.3 Å². The zero-order valence-electron chi connectivity index (χ0n) is 21.9. The van der Waals surface area contributed by atoms with E-state index >= 15 is 0 Å². The molecule has 1 N–H and O–H groups in total. The number of nitrogens with zero attached hydrogens (tertiary/aromatic N) is 3. The molecule has 38 heavy (non-hydrogen) atoms. The molecule has 1 aromatic carbocycles. The second-order valence-electron chi connectivity index (χ2n) is 9.91. The van der Waals surface area contributed by atoms with E-state index in [-0.39, 0.29) is 23.5 Å². The van der Waals surface area contributed by atoms with Crippen LogP contribution in [0, 0.1) is 28.4 Å². The average Bonchev–Trinajstić information content (AvgIpc) is 2.95. The molecule has 1 saturated heterocycles. The highest BCUT2D eigenvalue weighted by molar-refractivity contribution is 6.00. The van der Waals surface area contributed by atoms with Gasteiger partial charge in [0.25, 0.3) is 11.6 Å². The number of hydrogen-bond donors (Lipinski definition) is 1. The highest BCUT2D eigenvalue weighted by Crippen LogP contribution is 2.43. The Hall–Kier alpha value is -3.85. The van der Waals surface area contributed by atoms with E-state index in [0.29, 0.717) is 28.9 Å². The van der Waals surface area contributed by atoms with Crippen LogP contribution in [0.4, 0.5) is 5.69 Å². The van der Waals surface area contributed by atoms with E-state index < -0.39 is 10.3 Å². The maximum atomic E-state index is 13.0. The number of benzene rings is 1. The first-order chi connectivity index (χ1) is 18.4. The highest BCUT2D eigenvalue weighted by Gasteiger charge is 2.47. The number of nitro groups is 1. The van der Waals surface area contributed by atoms with Gasteiger partial charge in [-0.25, -0.2) is 0 Å². The van der Waals surface area contributed by atoms with Gasteiger partial charge >= 0.3 is 5.97 Å². The van der Waals surface area contributed by atoms with E-state index in [9.17, 15) is 19.7 Å². The molecule has 9 nitrogen and oxygen atoms in total. The molecule has 1 aliphatic carbocycles. The largest absolute Gasteiger partial charge is 0.469 e. The number of ether oxygens (including phenoxy) is 1. The Bertz CT molecular complexity index is 1250. The van der Waals surface area contributed by atoms with Gasteiger partial charge in [0.15, 0.2) is 0 Å². The number of pyridine rings is 1. The molecular formula is C29H34N4O5. The van der Waals surface area contributed by atoms with Gasteiger partial charge in [0, 0.05) is 30.4 Å². The Morgan fingerprint density at radius 3 is 2.68 bits per heavy atom. The van der Waals surface area contributed by atoms with Crippen molar-refractivity contribution in [2.45, 2.75) is 32.6 Å². The van der Waals surface area contributed by atoms with Crippen molar-refractivity contribution in [2.24, 2.45) is 11.3 Å². The van der Waals surface area contributed by atoms with E-state index in [2.05, 4.69) is 27.4 Å². The minimum atomic E-state index is -0.479. The van der Waals surface area contributed by atoms with Gasteiger partial charge in [-0.2, -0.15) is 0 Å². The number of aromatic nitrogens is 1. The molecule has 0 radical (unpaired) electrons. The first kappa shape index (κ1) is 27.2. The molecule has 1 aromatic heterocycles. The fourth-order valence-electron chi connectivity index (χ4n) is 5.53. The fourth-order valence-corrected chi connectivity index (χ4v) is 5.53. The summed E-state index contributed by atoms with van der Waals surface area (Å²) in [5.41, 5.74) is 1.82. The van der Waals surface area contributed by atoms with E-state index in [1.807, 2.05) is 12.2 Å². The van der Waals surface area contributed by atoms with Crippen molar-refractivity contribution in [1.82, 2.24) is 15.2 Å². The van der Waals surface area contributed by atoms with Crippen LogP contribution in [0.1, 0.15) is 41.6 Å². The molecule has 2 aromatic rings. The zero-order chi connectivity index (χ0) is 27.1. The summed E-state index contributed by atoms with van der Waals surface area (Å²) < 4.78 is 5.22. The Kier molecular flexibility index (Phi) is 8.68. The minimum Gasteiger partial charge on any atom is -0.469 e. The predicted octanol–water partition coefficient (Wildman–Crippen LogP) is 4.47. The number of hydrogen-bond acceptors (Lipinski definition) is 7. The summed E-state index contributed by atoms with van der Waals surface area (Å²) in [5, 5.41) is 14.1. The summed E-state index contributed by atoms with van der Waals surface area (Å²) in [5.74, 6) is -0.189. The van der Waals surface area contributed by atoms with Crippen LogP contribution in [0.15, 0.2) is 60.8 Å². The van der Waals surface area contributed by atoms with Crippen LogP contribution in [-0.4, -0.2) is 60.0 Å². The van der Waals surface area contributed by atoms with Gasteiger partial charge in [-0.1, -0.05) is 24.3 Å². The lowest BCUT2D eigenvalue weighted by atomic mass is 9.66. The number of piperidine rings is 1. The fraction of sp³-hybridized carbons (Fsp3) is 0.414. The van der Waals surface area contributed by atoms with Gasteiger partial charge in [-0.05, 0) is 81.9 Å². The number of carbonyl (C=O) groups is 2. The number of esters is 1. The number of nitrogens with one attached hydrogen (secondary N) is 1. The number of methoxy groups -OCH3 is 1. The molecule has 4 rings (SSSR count). The summed E-state index contributed by atoms with van der Waals surface area (Å²) in [6, 6.07) is 7.97. The highest BCUT2D eigenvalue weighted by atomic mass is 16.6. The third kappa shape index (κ3) is 5.83. The van der Waals surface area contributed by atoms with E-state index in [1.54, 1.807) is 31.3 Å². The standard InChI is InChI=1S/C29H34N4O5/c1-21-20-23(33(36)37)11-12-24(21)26-25(10-6-15-30-26)27(34)31-16-7-17-32-18-13-29(14-19-32,28(35)38-2)22-8-4-3-5-9-22/h3-6,8,10-12,15,20,22H,7,9,13-14,16-19H2,1-2H3,(H,31,34). The Morgan fingerprint density at radius 2 is 2.03 bits per heavy atom. The number of carbonyl (C=O) groups excluding carboxylic acids is 2. The first-order valence-electron chi connectivity index (χ1n) is 13.0. The normalized spacial score (nSPS) is 18.6. The molecular weight excluding hydrogens is 484 g/mol. The Balaban J connectivity index is 1.31. The van der Waals surface area contributed by atoms with Crippen LogP contribution in [0.5, 0.6) is 0 Å². The quantitative estimate of drug-likeness (QED) is 0.225. The Labute approximate surface area is 222 Å². The molecule has 2 aliphatic rings. The summed E-state index contributed by atoms with van der Waals surface area (Å²) in [4.78, 5) is 43.2. The number of allylic oxidation sites excluding steroid dienone is 4. The molecule has 2 heterocycles. The average molecular weight is 519 g/mol. The van der Waals surface area contributed by atoms with Crippen LogP contribution >= 0.6 is 0 Å². The monoisotopic (exact) mass is 518 g/mol. The lowest BCUT2D eigenvalue weighted by molar-refractivity contribution is -0.384. The number of rotatable bonds is 9. The minimum absolute atomic E-state index is 0.00164. The smallest absolute Gasteiger partial charge is 0.312 e. The van der Waals surface area contributed by atoms with Crippen molar-refractivity contribution in [2.75, 3.05) is 33.3 Å². The summed E-state index contributed by atoms with van der Waals surface area (Å²) in [6.45, 7) is 4.71. The molecule has 1 amide bonds. The van der Waals surface area contributed by atoms with Gasteiger partial charge in [-0.15, -0.1) is 0 Å². The third-order valence-corrected chi connectivity index (χ3v) is 7.70. The van der Waals surface area contributed by atoms with Crippen LogP contribution in [0.3, 0.4) is 0 Å². The van der Waals surface area contributed by atoms with Gasteiger partial charge in [-0.3, -0.25) is 24.7 Å². The SMILES string of the molecule is COC(=O)C1(C2C=CC=CC2)CCN(CCCNC(=O)c2cccnc2-c2ccc([N+](=O)[O-])cc2C)CC1. The second-order valence-corrected chi connectivity index (χ2v) is 9.91. The number of non-ortho nitro benzene ring substituents is 1. The van der Waals surface area contributed by atoms with Gasteiger partial charge in [0.1, 0.15) is 0 Å². The van der Waals surface area contributed by atoms with Crippen LogP contribution < -0.4 is 5.32 Å². The van der Waals surface area contributed by atoms with Crippen molar-refractivity contribution >= 4 is 17.6 Å². The summed E-state index contributed by atoms with van der Waals surface area (Å²) >= 11 is 0. The topological polar surface area (TPSA) is 115 Å². The van der Waals surface area contributed by atoms with Crippen molar-refractivity contribution in [3.8, 4) is 11.3 Å². The number of likely N-dealkylation sites (tertiary alicyclic amines) is 1. The van der Waals surface area contributed by atoms with Gasteiger partial charge in [0.2, 0.25) is 0 Å². The summed E-state index contributed by atoms with van der Waals surface area (Å²) in [6.07, 6.45) is 13.0.